The molecule has 3 nitrogen and oxygen atoms in total. The van der Waals surface area contributed by atoms with E-state index in [1.54, 1.807) is 0 Å². The molecule has 0 aliphatic carbocycles. The predicted molar refractivity (Wildman–Crippen MR) is 91.0 cm³/mol. The van der Waals surface area contributed by atoms with E-state index in [-0.39, 0.29) is 0 Å². The highest BCUT2D eigenvalue weighted by Gasteiger charge is 2.21. The van der Waals surface area contributed by atoms with Crippen LogP contribution in [0, 0.1) is 6.92 Å². The van der Waals surface area contributed by atoms with Gasteiger partial charge in [-0.2, -0.15) is 0 Å². The van der Waals surface area contributed by atoms with Gasteiger partial charge in [0.1, 0.15) is 0 Å². The molecule has 1 N–H and O–H groups in total. The third kappa shape index (κ3) is 5.37. The number of nitrogens with zero attached hydrogens (tertiary/aromatic N) is 1. The molecule has 2 heterocycles. The highest BCUT2D eigenvalue weighted by atomic mass is 32.1. The van der Waals surface area contributed by atoms with E-state index in [4.69, 9.17) is 4.74 Å². The van der Waals surface area contributed by atoms with Crippen molar-refractivity contribution >= 4 is 11.3 Å². The summed E-state index contributed by atoms with van der Waals surface area (Å²) in [7, 11) is 0. The number of nitrogens with one attached hydrogen (secondary N) is 1. The van der Waals surface area contributed by atoms with Crippen molar-refractivity contribution in [3.63, 3.8) is 0 Å². The molecule has 0 amide bonds. The molecule has 1 aromatic heterocycles. The minimum absolute atomic E-state index is 0.435. The summed E-state index contributed by atoms with van der Waals surface area (Å²) in [5.41, 5.74) is 1.50. The molecule has 4 heteroatoms. The van der Waals surface area contributed by atoms with Gasteiger partial charge >= 0.3 is 0 Å². The number of hydrogen-bond donors (Lipinski definition) is 1. The van der Waals surface area contributed by atoms with Crippen LogP contribution in [0.5, 0.6) is 0 Å². The summed E-state index contributed by atoms with van der Waals surface area (Å²) in [6.07, 6.45) is 2.91. The van der Waals surface area contributed by atoms with Crippen LogP contribution in [0.15, 0.2) is 6.07 Å². The van der Waals surface area contributed by atoms with Crippen LogP contribution in [0.4, 0.5) is 0 Å². The smallest absolute Gasteiger partial charge is 0.0702 e. The molecule has 0 radical (unpaired) electrons. The number of rotatable bonds is 7. The Bertz CT molecular complexity index is 428. The Morgan fingerprint density at radius 1 is 1.48 bits per heavy atom. The van der Waals surface area contributed by atoms with E-state index in [1.165, 1.54) is 34.7 Å². The maximum Gasteiger partial charge on any atom is 0.0702 e. The van der Waals surface area contributed by atoms with Crippen LogP contribution in [-0.2, 0) is 17.8 Å². The van der Waals surface area contributed by atoms with Gasteiger partial charge in [-0.15, -0.1) is 11.3 Å². The molecule has 0 bridgehead atoms. The number of hydrogen-bond acceptors (Lipinski definition) is 4. The third-order valence-electron chi connectivity index (χ3n) is 4.01. The van der Waals surface area contributed by atoms with Gasteiger partial charge in [0.25, 0.3) is 0 Å². The third-order valence-corrected chi connectivity index (χ3v) is 5.11. The SMILES string of the molecule is CCOC1CCCN(Cc2cc(CNC(C)C)sc2C)C1. The maximum atomic E-state index is 5.80. The summed E-state index contributed by atoms with van der Waals surface area (Å²) in [6.45, 7) is 13.9. The Kier molecular flexibility index (Phi) is 6.68. The fourth-order valence-electron chi connectivity index (χ4n) is 2.91. The molecule has 1 unspecified atom stereocenters. The van der Waals surface area contributed by atoms with Crippen molar-refractivity contribution in [2.45, 2.75) is 65.8 Å². The molecule has 1 saturated heterocycles. The lowest BCUT2D eigenvalue weighted by Crippen LogP contribution is -2.39. The summed E-state index contributed by atoms with van der Waals surface area (Å²) in [5, 5.41) is 3.51. The normalized spacial score (nSPS) is 20.3. The number of ether oxygens (including phenoxy) is 1. The second kappa shape index (κ2) is 8.28. The standard InChI is InChI=1S/C17H30N2OS/c1-5-20-16-7-6-8-19(12-16)11-15-9-17(21-14(15)4)10-18-13(2)3/h9,13,16,18H,5-8,10-12H2,1-4H3. The van der Waals surface area contributed by atoms with Gasteiger partial charge < -0.3 is 10.1 Å². The van der Waals surface area contributed by atoms with Gasteiger partial charge in [0.15, 0.2) is 0 Å². The quantitative estimate of drug-likeness (QED) is 0.833. The first-order valence-corrected chi connectivity index (χ1v) is 9.05. The van der Waals surface area contributed by atoms with Gasteiger partial charge in [-0.3, -0.25) is 4.90 Å². The molecular formula is C17H30N2OS. The van der Waals surface area contributed by atoms with Crippen LogP contribution in [0.25, 0.3) is 0 Å². The molecule has 1 atom stereocenters. The monoisotopic (exact) mass is 310 g/mol. The lowest BCUT2D eigenvalue weighted by molar-refractivity contribution is 0.00362. The van der Waals surface area contributed by atoms with E-state index < -0.39 is 0 Å². The summed E-state index contributed by atoms with van der Waals surface area (Å²) < 4.78 is 5.80. The predicted octanol–water partition coefficient (Wildman–Crippen LogP) is 3.56. The minimum Gasteiger partial charge on any atom is -0.377 e. The Morgan fingerprint density at radius 2 is 2.29 bits per heavy atom. The molecule has 1 aromatic rings. The fraction of sp³-hybridized carbons (Fsp3) is 0.765. The first kappa shape index (κ1) is 16.9. The molecule has 0 aromatic carbocycles. The summed E-state index contributed by atoms with van der Waals surface area (Å²) in [4.78, 5) is 5.47. The molecule has 1 fully saturated rings. The van der Waals surface area contributed by atoms with E-state index in [9.17, 15) is 0 Å². The lowest BCUT2D eigenvalue weighted by atomic mass is 10.1. The molecule has 1 aliphatic rings. The Balaban J connectivity index is 1.89. The number of aryl methyl sites for hydroxylation is 1. The van der Waals surface area contributed by atoms with E-state index in [0.29, 0.717) is 12.1 Å². The van der Waals surface area contributed by atoms with Crippen LogP contribution in [0.2, 0.25) is 0 Å². The van der Waals surface area contributed by atoms with E-state index >= 15 is 0 Å². The largest absolute Gasteiger partial charge is 0.377 e. The van der Waals surface area contributed by atoms with Crippen molar-refractivity contribution in [1.29, 1.82) is 0 Å². The lowest BCUT2D eigenvalue weighted by Gasteiger charge is -2.32. The van der Waals surface area contributed by atoms with Crippen molar-refractivity contribution in [1.82, 2.24) is 10.2 Å². The number of likely N-dealkylation sites (tertiary alicyclic amines) is 1. The first-order chi connectivity index (χ1) is 10.1. The van der Waals surface area contributed by atoms with Crippen LogP contribution < -0.4 is 5.32 Å². The van der Waals surface area contributed by atoms with E-state index in [1.807, 2.05) is 11.3 Å². The zero-order valence-electron chi connectivity index (χ0n) is 13.9. The molecule has 0 spiro atoms. The Hall–Kier alpha value is -0.420. The van der Waals surface area contributed by atoms with Gasteiger partial charge in [-0.1, -0.05) is 13.8 Å². The zero-order chi connectivity index (χ0) is 15.2. The Morgan fingerprint density at radius 3 is 3.00 bits per heavy atom. The van der Waals surface area contributed by atoms with Crippen LogP contribution >= 0.6 is 11.3 Å². The first-order valence-electron chi connectivity index (χ1n) is 8.24. The average Bonchev–Trinajstić information content (AvgIpc) is 2.78. The fourth-order valence-corrected chi connectivity index (χ4v) is 3.91. The van der Waals surface area contributed by atoms with E-state index in [2.05, 4.69) is 44.0 Å². The van der Waals surface area contributed by atoms with Gasteiger partial charge in [0.05, 0.1) is 6.10 Å². The molecule has 21 heavy (non-hydrogen) atoms. The van der Waals surface area contributed by atoms with Crippen LogP contribution in [0.1, 0.15) is 48.9 Å². The molecular weight excluding hydrogens is 280 g/mol. The van der Waals surface area contributed by atoms with Crippen molar-refractivity contribution in [3.05, 3.63) is 21.4 Å². The Labute approximate surface area is 133 Å². The average molecular weight is 311 g/mol. The van der Waals surface area contributed by atoms with Gasteiger partial charge in [-0.05, 0) is 44.9 Å². The second-order valence-corrected chi connectivity index (χ2v) is 7.63. The van der Waals surface area contributed by atoms with Crippen molar-refractivity contribution in [2.24, 2.45) is 0 Å². The summed E-state index contributed by atoms with van der Waals surface area (Å²) in [6, 6.07) is 2.93. The summed E-state index contributed by atoms with van der Waals surface area (Å²) in [5.74, 6) is 0. The van der Waals surface area contributed by atoms with E-state index in [0.717, 1.165) is 26.2 Å². The second-order valence-electron chi connectivity index (χ2n) is 6.28. The van der Waals surface area contributed by atoms with Crippen LogP contribution in [0.3, 0.4) is 0 Å². The van der Waals surface area contributed by atoms with Gasteiger partial charge in [0, 0.05) is 42.0 Å². The van der Waals surface area contributed by atoms with Crippen molar-refractivity contribution < 1.29 is 4.74 Å². The van der Waals surface area contributed by atoms with Gasteiger partial charge in [0.2, 0.25) is 0 Å². The van der Waals surface area contributed by atoms with Gasteiger partial charge in [-0.25, -0.2) is 0 Å². The zero-order valence-corrected chi connectivity index (χ0v) is 14.8. The highest BCUT2D eigenvalue weighted by molar-refractivity contribution is 7.12. The molecule has 0 saturated carbocycles. The van der Waals surface area contributed by atoms with Crippen LogP contribution in [-0.4, -0.2) is 36.7 Å². The van der Waals surface area contributed by atoms with Crippen molar-refractivity contribution in [2.75, 3.05) is 19.7 Å². The summed E-state index contributed by atoms with van der Waals surface area (Å²) >= 11 is 1.94. The molecule has 2 rings (SSSR count). The maximum absolute atomic E-state index is 5.80. The number of piperidine rings is 1. The molecule has 1 aliphatic heterocycles. The topological polar surface area (TPSA) is 24.5 Å². The minimum atomic E-state index is 0.435. The van der Waals surface area contributed by atoms with Crippen molar-refractivity contribution in [3.8, 4) is 0 Å². The highest BCUT2D eigenvalue weighted by Crippen LogP contribution is 2.24. The number of thiophene rings is 1. The molecule has 120 valence electrons.